The number of fused-ring (bicyclic) bond motifs is 10. The Kier molecular flexibility index (Phi) is 12.8. The van der Waals surface area contributed by atoms with Gasteiger partial charge in [0.25, 0.3) is 6.71 Å². The van der Waals surface area contributed by atoms with Crippen LogP contribution in [0, 0.1) is 0 Å². The molecule has 0 N–H and O–H groups in total. The average molecular weight is 1490 g/mol. The van der Waals surface area contributed by atoms with Crippen molar-refractivity contribution in [3.63, 3.8) is 0 Å². The first-order valence-electron chi connectivity index (χ1n) is 50.0. The Morgan fingerprint density at radius 3 is 0.850 bits per heavy atom. The second-order valence-electron chi connectivity index (χ2n) is 37.8. The molecule has 113 heavy (non-hydrogen) atoms. The van der Waals surface area contributed by atoms with Crippen LogP contribution in [0.5, 0.6) is 0 Å². The summed E-state index contributed by atoms with van der Waals surface area (Å²) in [6.07, 6.45) is 3.90. The largest absolute Gasteiger partial charge is 0.310 e. The summed E-state index contributed by atoms with van der Waals surface area (Å²) in [5.41, 5.74) is 11.2. The minimum absolute atomic E-state index is 0.0528. The van der Waals surface area contributed by atoms with Crippen molar-refractivity contribution in [1.82, 2.24) is 9.13 Å². The molecule has 1 aliphatic carbocycles. The van der Waals surface area contributed by atoms with Gasteiger partial charge < -0.3 is 18.9 Å². The van der Waals surface area contributed by atoms with Gasteiger partial charge >= 0.3 is 0 Å². The monoisotopic (exact) mass is 1490 g/mol. The van der Waals surface area contributed by atoms with Crippen molar-refractivity contribution < 1.29 is 27.4 Å². The topological polar surface area (TPSA) is 16.3 Å². The van der Waals surface area contributed by atoms with Gasteiger partial charge in [0.1, 0.15) is 0 Å². The Morgan fingerprint density at radius 1 is 0.292 bits per heavy atom. The first kappa shape index (κ1) is 54.0. The SMILES string of the molecule is [2H]c1c([2H])c([2H])c(-c2cc(C(C)(C)C)cc(-c3c([2H])c([2H])c([2H])c([2H])c3[2H])c2N2c3cc(-n4c5ccc(C(C)(C)C)cc5c5cc(C(C)(C)C)ccc54)ccc3B3c4ccc(-n5c6ccc(C(C)(C)C)cc6c6cc(C(C)(C)C)ccc65)cc4N(c4c(-c5c([2H])c([2H])c([2H])c([2H])c5[2H])cc(C(C)(C)C)cc4-c4c([2H])c([2H])c([2H])c([2H])c4[2H])c4cc(C5CCCCC5)cc2c43)c([2H])c1[2H]. The van der Waals surface area contributed by atoms with Gasteiger partial charge in [0, 0.05) is 77.9 Å². The molecule has 13 aromatic carbocycles. The van der Waals surface area contributed by atoms with E-state index in [0.29, 0.717) is 74.5 Å². The van der Waals surface area contributed by atoms with Crippen LogP contribution in [0.25, 0.3) is 99.5 Å². The summed E-state index contributed by atoms with van der Waals surface area (Å²) in [6.45, 7) is 37.1. The van der Waals surface area contributed by atoms with Gasteiger partial charge in [-0.15, -0.1) is 0 Å². The van der Waals surface area contributed by atoms with Crippen LogP contribution < -0.4 is 26.2 Å². The summed E-state index contributed by atoms with van der Waals surface area (Å²) >= 11 is 0. The van der Waals surface area contributed by atoms with E-state index in [0.717, 1.165) is 90.7 Å². The Bertz CT molecular complexity index is 6710. The second kappa shape index (κ2) is 26.9. The van der Waals surface area contributed by atoms with Crippen LogP contribution in [0.1, 0.15) is 229 Å². The fraction of sp³-hybridized carbons (Fsp3) is 0.278. The molecule has 564 valence electrons. The van der Waals surface area contributed by atoms with E-state index in [-0.39, 0.29) is 83.5 Å². The Morgan fingerprint density at radius 2 is 0.575 bits per heavy atom. The third-order valence-corrected chi connectivity index (χ3v) is 24.1. The minimum Gasteiger partial charge on any atom is -0.310 e. The summed E-state index contributed by atoms with van der Waals surface area (Å²) in [5, 5.41) is 3.97. The van der Waals surface area contributed by atoms with E-state index in [1.807, 2.05) is 75.6 Å². The van der Waals surface area contributed by atoms with E-state index < -0.39 is 138 Å². The molecule has 0 bridgehead atoms. The van der Waals surface area contributed by atoms with Crippen molar-refractivity contribution in [2.24, 2.45) is 0 Å². The van der Waals surface area contributed by atoms with Gasteiger partial charge in [-0.3, -0.25) is 0 Å². The minimum atomic E-state index is -0.917. The molecule has 0 atom stereocenters. The quantitative estimate of drug-likeness (QED) is 0.134. The van der Waals surface area contributed by atoms with Crippen LogP contribution in [0.4, 0.5) is 34.1 Å². The highest BCUT2D eigenvalue weighted by atomic mass is 15.2. The van der Waals surface area contributed by atoms with E-state index >= 15 is 0 Å². The van der Waals surface area contributed by atoms with E-state index in [9.17, 15) is 27.4 Å². The van der Waals surface area contributed by atoms with Crippen molar-refractivity contribution >= 4 is 101 Å². The van der Waals surface area contributed by atoms with Crippen LogP contribution in [-0.2, 0) is 32.5 Å². The predicted molar refractivity (Wildman–Crippen MR) is 489 cm³/mol. The molecule has 5 heteroatoms. The molecule has 1 fully saturated rings. The van der Waals surface area contributed by atoms with Crippen molar-refractivity contribution in [2.75, 3.05) is 9.80 Å². The van der Waals surface area contributed by atoms with Crippen molar-refractivity contribution in [1.29, 1.82) is 0 Å². The smallest absolute Gasteiger partial charge is 0.252 e. The molecule has 4 heterocycles. The summed E-state index contributed by atoms with van der Waals surface area (Å²) in [6, 6.07) is 38.1. The van der Waals surface area contributed by atoms with Crippen LogP contribution in [-0.4, -0.2) is 15.8 Å². The maximum Gasteiger partial charge on any atom is 0.252 e. The molecule has 3 aliphatic rings. The molecule has 0 spiro atoms. The van der Waals surface area contributed by atoms with E-state index in [1.54, 1.807) is 0 Å². The fourth-order valence-corrected chi connectivity index (χ4v) is 17.8. The van der Waals surface area contributed by atoms with Crippen LogP contribution in [0.15, 0.2) is 266 Å². The van der Waals surface area contributed by atoms with Crippen LogP contribution in [0.2, 0.25) is 0 Å². The molecule has 0 unspecified atom stereocenters. The highest BCUT2D eigenvalue weighted by Gasteiger charge is 2.47. The molecule has 18 rings (SSSR count). The number of nitrogens with zero attached hydrogens (tertiary/aromatic N) is 4. The zero-order valence-electron chi connectivity index (χ0n) is 88.3. The second-order valence-corrected chi connectivity index (χ2v) is 37.8. The maximum atomic E-state index is 10.3. The molecule has 15 aromatic rings. The zero-order valence-corrected chi connectivity index (χ0v) is 68.3. The third kappa shape index (κ3) is 12.8. The maximum absolute atomic E-state index is 10.3. The van der Waals surface area contributed by atoms with Crippen LogP contribution in [0.3, 0.4) is 0 Å². The van der Waals surface area contributed by atoms with Gasteiger partial charge in [0.15, 0.2) is 0 Å². The Balaban J connectivity index is 1.11. The lowest BCUT2D eigenvalue weighted by atomic mass is 9.33. The summed E-state index contributed by atoms with van der Waals surface area (Å²) < 4.78 is 202. The molecule has 4 nitrogen and oxygen atoms in total. The van der Waals surface area contributed by atoms with Crippen LogP contribution >= 0.6 is 0 Å². The predicted octanol–water partition coefficient (Wildman–Crippen LogP) is 28.5. The number of aromatic nitrogens is 2. The molecular formula is C108H109BN4. The van der Waals surface area contributed by atoms with Crippen molar-refractivity contribution in [3.8, 4) is 55.9 Å². The van der Waals surface area contributed by atoms with Gasteiger partial charge in [-0.05, 0) is 238 Å². The summed E-state index contributed by atoms with van der Waals surface area (Å²) in [4.78, 5) is 4.04. The fourth-order valence-electron chi connectivity index (χ4n) is 17.8. The number of benzene rings is 13. The normalized spacial score (nSPS) is 16.8. The average Bonchev–Trinajstić information content (AvgIpc) is 1.08. The van der Waals surface area contributed by atoms with Crippen molar-refractivity contribution in [3.05, 3.63) is 305 Å². The lowest BCUT2D eigenvalue weighted by Gasteiger charge is -2.46. The number of anilines is 6. The van der Waals surface area contributed by atoms with Gasteiger partial charge in [-0.2, -0.15) is 0 Å². The highest BCUT2D eigenvalue weighted by Crippen LogP contribution is 2.57. The number of hydrogen-bond acceptors (Lipinski definition) is 2. The Labute approximate surface area is 700 Å². The van der Waals surface area contributed by atoms with E-state index in [1.165, 1.54) is 0 Å². The number of hydrogen-bond donors (Lipinski definition) is 0. The van der Waals surface area contributed by atoms with E-state index in [2.05, 4.69) is 214 Å². The summed E-state index contributed by atoms with van der Waals surface area (Å²) in [5.74, 6) is -0.242. The Hall–Kier alpha value is -10.9. The van der Waals surface area contributed by atoms with Gasteiger partial charge in [-0.1, -0.05) is 301 Å². The number of rotatable bonds is 9. The first-order valence-corrected chi connectivity index (χ1v) is 40.0. The molecule has 1 saturated carbocycles. The summed E-state index contributed by atoms with van der Waals surface area (Å²) in [7, 11) is 0. The lowest BCUT2D eigenvalue weighted by Crippen LogP contribution is -2.61. The van der Waals surface area contributed by atoms with Gasteiger partial charge in [0.05, 0.1) is 60.9 Å². The van der Waals surface area contributed by atoms with Crippen molar-refractivity contribution in [2.45, 2.75) is 195 Å². The molecule has 2 aliphatic heterocycles. The van der Waals surface area contributed by atoms with Gasteiger partial charge in [0.2, 0.25) is 0 Å². The molecule has 0 amide bonds. The lowest BCUT2D eigenvalue weighted by molar-refractivity contribution is 0.444. The molecule has 2 aromatic heterocycles. The molecular weight excluding hydrogens is 1360 g/mol. The molecule has 0 saturated heterocycles. The molecule has 0 radical (unpaired) electrons. The first-order chi connectivity index (χ1) is 62.1. The van der Waals surface area contributed by atoms with E-state index in [4.69, 9.17) is 0 Å². The zero-order chi connectivity index (χ0) is 96.1. The van der Waals surface area contributed by atoms with Gasteiger partial charge in [-0.25, -0.2) is 0 Å². The standard InChI is InChI=1S/C108H109BN4/c1-103(2,3)74-44-52-92-86(58-74)87-59-75(104(4,5)6)45-53-93(87)110(92)80-48-50-90-96(66-80)112(101-82(69-36-26-20-27-37-69)62-78(107(13,14)15)63-83(101)70-38-28-21-29-39-70)98-56-73(68-34-24-19-25-35-68)57-99-100(98)109(90)91-51-49-81(111-94-54-46-76(105(7,8)9)60-88(94)89-61-77(106(10,11)12)47-55-95(89)111)67-97(91)113(99)102-84(71-40-30-22-31-41-71)64-79(108(16,17)18)65-85(102)72-42-32-23-33-43-72/h20-23,26-33,36-68H,19,24-25,34-35H2,1-18H3/i20D,21D,22D,23D,26D,27D,28D,29D,30D,31D,32D,33D,36D,37D,38D,39D,40D,41D,42D,43D. The highest BCUT2D eigenvalue weighted by molar-refractivity contribution is 7.00. The third-order valence-electron chi connectivity index (χ3n) is 24.1.